The first kappa shape index (κ1) is 9.58. The van der Waals surface area contributed by atoms with Gasteiger partial charge in [0.05, 0.1) is 0 Å². The Bertz CT molecular complexity index is 572. The molecule has 0 N–H and O–H groups in total. The molecule has 0 unspecified atom stereocenters. The van der Waals surface area contributed by atoms with Gasteiger partial charge in [-0.2, -0.15) is 0 Å². The van der Waals surface area contributed by atoms with Crippen LogP contribution in [-0.4, -0.2) is 24.7 Å². The molecule has 0 aliphatic carbocycles. The summed E-state index contributed by atoms with van der Waals surface area (Å²) in [5.41, 5.74) is 0.959. The molecule has 4 heteroatoms. The molecule has 0 saturated heterocycles. The topological polar surface area (TPSA) is 38.9 Å². The van der Waals surface area contributed by atoms with Gasteiger partial charge in [-0.15, -0.1) is 0 Å². The van der Waals surface area contributed by atoms with Crippen molar-refractivity contribution >= 4 is 14.5 Å². The molecule has 0 amide bonds. The molecular formula is C12H8N2OSe. The van der Waals surface area contributed by atoms with E-state index in [2.05, 4.69) is 15.1 Å². The van der Waals surface area contributed by atoms with Crippen LogP contribution in [0, 0.1) is 0 Å². The van der Waals surface area contributed by atoms with E-state index < -0.39 is 0 Å². The summed E-state index contributed by atoms with van der Waals surface area (Å²) in [4.78, 5) is 2.13. The Kier molecular flexibility index (Phi) is 2.44. The second-order valence-electron chi connectivity index (χ2n) is 3.26. The van der Waals surface area contributed by atoms with E-state index in [1.165, 1.54) is 0 Å². The van der Waals surface area contributed by atoms with E-state index in [0.717, 1.165) is 10.0 Å². The summed E-state index contributed by atoms with van der Waals surface area (Å²) in [6.07, 6.45) is 0. The average molecular weight is 275 g/mol. The van der Waals surface area contributed by atoms with Crippen molar-refractivity contribution in [2.75, 3.05) is 0 Å². The van der Waals surface area contributed by atoms with Crippen LogP contribution in [0.3, 0.4) is 0 Å². The molecule has 2 aromatic heterocycles. The normalized spacial score (nSPS) is 10.5. The SMILES string of the molecule is c1ccc(-c2nnc(-c3ccc[se]3)o2)cc1. The summed E-state index contributed by atoms with van der Waals surface area (Å²) in [6.45, 7) is 0. The van der Waals surface area contributed by atoms with Gasteiger partial charge in [-0.25, -0.2) is 0 Å². The number of nitrogens with zero attached hydrogens (tertiary/aromatic N) is 2. The predicted octanol–water partition coefficient (Wildman–Crippen LogP) is 2.46. The fourth-order valence-electron chi connectivity index (χ4n) is 1.42. The summed E-state index contributed by atoms with van der Waals surface area (Å²) in [5, 5.41) is 8.12. The van der Waals surface area contributed by atoms with Crippen molar-refractivity contribution in [3.8, 4) is 21.8 Å². The summed E-state index contributed by atoms with van der Waals surface area (Å²) in [5.74, 6) is 1.23. The van der Waals surface area contributed by atoms with Gasteiger partial charge in [-0.1, -0.05) is 0 Å². The molecule has 3 nitrogen and oxygen atoms in total. The van der Waals surface area contributed by atoms with Crippen molar-refractivity contribution in [1.82, 2.24) is 10.2 Å². The first-order chi connectivity index (χ1) is 7.93. The molecule has 0 spiro atoms. The van der Waals surface area contributed by atoms with E-state index in [1.54, 1.807) is 0 Å². The molecule has 16 heavy (non-hydrogen) atoms. The Balaban J connectivity index is 2.00. The van der Waals surface area contributed by atoms with Crippen LogP contribution in [0.5, 0.6) is 0 Å². The third-order valence-electron chi connectivity index (χ3n) is 2.18. The molecule has 3 aromatic rings. The average Bonchev–Trinajstić information content (AvgIpc) is 3.01. The van der Waals surface area contributed by atoms with Crippen LogP contribution >= 0.6 is 0 Å². The second-order valence-corrected chi connectivity index (χ2v) is 5.24. The maximum absolute atomic E-state index is 5.64. The fourth-order valence-corrected chi connectivity index (χ4v) is 2.77. The monoisotopic (exact) mass is 276 g/mol. The van der Waals surface area contributed by atoms with Crippen LogP contribution < -0.4 is 0 Å². The first-order valence-corrected chi connectivity index (χ1v) is 6.71. The van der Waals surface area contributed by atoms with E-state index in [-0.39, 0.29) is 0 Å². The van der Waals surface area contributed by atoms with Crippen LogP contribution in [0.25, 0.3) is 21.8 Å². The van der Waals surface area contributed by atoms with Crippen molar-refractivity contribution in [3.05, 3.63) is 47.4 Å². The van der Waals surface area contributed by atoms with Crippen LogP contribution in [0.4, 0.5) is 0 Å². The molecule has 2 heterocycles. The molecular weight excluding hydrogens is 267 g/mol. The molecule has 0 aliphatic rings. The summed E-state index contributed by atoms with van der Waals surface area (Å²) >= 11 is 0.334. The first-order valence-electron chi connectivity index (χ1n) is 4.86. The molecule has 0 fully saturated rings. The van der Waals surface area contributed by atoms with Crippen LogP contribution in [0.15, 0.2) is 51.8 Å². The van der Waals surface area contributed by atoms with Crippen LogP contribution in [-0.2, 0) is 0 Å². The van der Waals surface area contributed by atoms with Crippen molar-refractivity contribution in [2.24, 2.45) is 0 Å². The van der Waals surface area contributed by atoms with Gasteiger partial charge in [-0.05, 0) is 0 Å². The molecule has 3 rings (SSSR count). The summed E-state index contributed by atoms with van der Waals surface area (Å²) in [6, 6.07) is 13.9. The van der Waals surface area contributed by atoms with Gasteiger partial charge < -0.3 is 0 Å². The zero-order chi connectivity index (χ0) is 10.8. The van der Waals surface area contributed by atoms with Gasteiger partial charge in [0.1, 0.15) is 0 Å². The van der Waals surface area contributed by atoms with Gasteiger partial charge in [0, 0.05) is 0 Å². The van der Waals surface area contributed by atoms with Crippen molar-refractivity contribution < 1.29 is 4.42 Å². The molecule has 0 radical (unpaired) electrons. The van der Waals surface area contributed by atoms with Gasteiger partial charge in [0.15, 0.2) is 0 Å². The molecule has 78 valence electrons. The van der Waals surface area contributed by atoms with Gasteiger partial charge in [-0.3, -0.25) is 0 Å². The van der Waals surface area contributed by atoms with Crippen LogP contribution in [0.1, 0.15) is 0 Å². The van der Waals surface area contributed by atoms with E-state index in [1.807, 2.05) is 42.5 Å². The third-order valence-corrected chi connectivity index (χ3v) is 3.98. The molecule has 0 saturated carbocycles. The number of hydrogen-bond acceptors (Lipinski definition) is 3. The molecule has 0 aliphatic heterocycles. The zero-order valence-electron chi connectivity index (χ0n) is 8.33. The predicted molar refractivity (Wildman–Crippen MR) is 62.1 cm³/mol. The number of aromatic nitrogens is 2. The molecule has 0 atom stereocenters. The van der Waals surface area contributed by atoms with E-state index in [9.17, 15) is 0 Å². The quantitative estimate of drug-likeness (QED) is 0.674. The fraction of sp³-hybridized carbons (Fsp3) is 0. The Morgan fingerprint density at radius 2 is 1.69 bits per heavy atom. The van der Waals surface area contributed by atoms with E-state index in [4.69, 9.17) is 4.42 Å². The van der Waals surface area contributed by atoms with E-state index >= 15 is 0 Å². The van der Waals surface area contributed by atoms with Gasteiger partial charge in [0.2, 0.25) is 0 Å². The third kappa shape index (κ3) is 1.73. The van der Waals surface area contributed by atoms with Gasteiger partial charge >= 0.3 is 98.3 Å². The summed E-state index contributed by atoms with van der Waals surface area (Å²) in [7, 11) is 0. The van der Waals surface area contributed by atoms with Crippen molar-refractivity contribution in [2.45, 2.75) is 0 Å². The Morgan fingerprint density at radius 3 is 2.44 bits per heavy atom. The number of benzene rings is 1. The standard InChI is InChI=1S/C12H8N2OSe/c1-2-5-9(6-3-1)11-13-14-12(15-11)10-7-4-8-16-10/h1-8H. The summed E-state index contributed by atoms with van der Waals surface area (Å²) < 4.78 is 6.78. The second kappa shape index (κ2) is 4.08. The Morgan fingerprint density at radius 1 is 0.875 bits per heavy atom. The molecule has 1 aromatic carbocycles. The van der Waals surface area contributed by atoms with Crippen molar-refractivity contribution in [3.63, 3.8) is 0 Å². The van der Waals surface area contributed by atoms with Gasteiger partial charge in [0.25, 0.3) is 0 Å². The van der Waals surface area contributed by atoms with Crippen LogP contribution in [0.2, 0.25) is 0 Å². The Labute approximate surface area is 98.5 Å². The number of rotatable bonds is 2. The number of hydrogen-bond donors (Lipinski definition) is 0. The van der Waals surface area contributed by atoms with E-state index in [0.29, 0.717) is 26.3 Å². The zero-order valence-corrected chi connectivity index (χ0v) is 10.0. The minimum atomic E-state index is 0.334. The van der Waals surface area contributed by atoms with Crippen molar-refractivity contribution in [1.29, 1.82) is 0 Å². The maximum atomic E-state index is 5.64. The minimum absolute atomic E-state index is 0.334. The Hall–Kier alpha value is -1.64. The molecule has 0 bridgehead atoms.